The largest absolute Gasteiger partial charge is 0.322 e. The molecule has 25 heavy (non-hydrogen) atoms. The molecule has 0 atom stereocenters. The van der Waals surface area contributed by atoms with Crippen molar-refractivity contribution in [3.8, 4) is 0 Å². The third-order valence-corrected chi connectivity index (χ3v) is 3.85. The van der Waals surface area contributed by atoms with Crippen LogP contribution in [0.4, 0.5) is 11.4 Å². The second kappa shape index (κ2) is 7.45. The van der Waals surface area contributed by atoms with Crippen LogP contribution in [0.15, 0.2) is 84.9 Å². The highest BCUT2D eigenvalue weighted by Gasteiger charge is 2.14. The topological polar surface area (TPSA) is 49.4 Å². The van der Waals surface area contributed by atoms with E-state index in [1.165, 1.54) is 0 Å². The highest BCUT2D eigenvalue weighted by atomic mass is 16.2. The molecular formula is C21H18N2O2. The van der Waals surface area contributed by atoms with Crippen LogP contribution < -0.4 is 10.2 Å². The summed E-state index contributed by atoms with van der Waals surface area (Å²) in [5.41, 5.74) is 2.48. The van der Waals surface area contributed by atoms with Gasteiger partial charge in [0.15, 0.2) is 0 Å². The lowest BCUT2D eigenvalue weighted by Gasteiger charge is -2.17. The molecule has 1 N–H and O–H groups in total. The molecule has 0 heterocycles. The number of carbonyl (C=O) groups is 2. The fourth-order valence-corrected chi connectivity index (χ4v) is 2.49. The zero-order valence-corrected chi connectivity index (χ0v) is 13.8. The average Bonchev–Trinajstić information content (AvgIpc) is 2.68. The van der Waals surface area contributed by atoms with Gasteiger partial charge in [-0.15, -0.1) is 0 Å². The Hall–Kier alpha value is -3.40. The van der Waals surface area contributed by atoms with Crippen molar-refractivity contribution in [1.82, 2.24) is 0 Å². The minimum absolute atomic E-state index is 0.137. The van der Waals surface area contributed by atoms with Gasteiger partial charge in [0.05, 0.1) is 0 Å². The first kappa shape index (κ1) is 16.5. The van der Waals surface area contributed by atoms with E-state index in [4.69, 9.17) is 0 Å². The number of amides is 2. The van der Waals surface area contributed by atoms with E-state index < -0.39 is 0 Å². The van der Waals surface area contributed by atoms with Crippen molar-refractivity contribution >= 4 is 23.2 Å². The third-order valence-electron chi connectivity index (χ3n) is 3.85. The lowest BCUT2D eigenvalue weighted by Crippen LogP contribution is -2.26. The lowest BCUT2D eigenvalue weighted by atomic mass is 10.1. The molecule has 3 aromatic rings. The number of hydrogen-bond donors (Lipinski definition) is 1. The van der Waals surface area contributed by atoms with Gasteiger partial charge in [-0.3, -0.25) is 9.59 Å². The smallest absolute Gasteiger partial charge is 0.258 e. The maximum atomic E-state index is 12.7. The summed E-state index contributed by atoms with van der Waals surface area (Å²) in [6.07, 6.45) is 0. The van der Waals surface area contributed by atoms with Crippen molar-refractivity contribution in [1.29, 1.82) is 0 Å². The first-order valence-electron chi connectivity index (χ1n) is 7.95. The maximum absolute atomic E-state index is 12.7. The van der Waals surface area contributed by atoms with Gasteiger partial charge in [0.25, 0.3) is 11.8 Å². The van der Waals surface area contributed by atoms with Crippen molar-refractivity contribution in [2.24, 2.45) is 0 Å². The van der Waals surface area contributed by atoms with Crippen LogP contribution in [0.3, 0.4) is 0 Å². The highest BCUT2D eigenvalue weighted by Crippen LogP contribution is 2.18. The summed E-state index contributed by atoms with van der Waals surface area (Å²) < 4.78 is 0. The Kier molecular flexibility index (Phi) is 4.90. The van der Waals surface area contributed by atoms with Crippen LogP contribution in [0.2, 0.25) is 0 Å². The molecule has 0 aliphatic rings. The number of hydrogen-bond acceptors (Lipinski definition) is 2. The maximum Gasteiger partial charge on any atom is 0.258 e. The lowest BCUT2D eigenvalue weighted by molar-refractivity contribution is 0.0990. The zero-order valence-electron chi connectivity index (χ0n) is 13.8. The summed E-state index contributed by atoms with van der Waals surface area (Å²) in [7, 11) is 1.73. The van der Waals surface area contributed by atoms with Gasteiger partial charge in [-0.25, -0.2) is 0 Å². The van der Waals surface area contributed by atoms with Gasteiger partial charge in [-0.2, -0.15) is 0 Å². The second-order valence-electron chi connectivity index (χ2n) is 5.60. The van der Waals surface area contributed by atoms with E-state index in [-0.39, 0.29) is 11.8 Å². The highest BCUT2D eigenvalue weighted by molar-refractivity contribution is 6.08. The summed E-state index contributed by atoms with van der Waals surface area (Å²) in [6.45, 7) is 0. The number of benzene rings is 3. The number of para-hydroxylation sites is 1. The fourth-order valence-electron chi connectivity index (χ4n) is 2.49. The molecule has 0 aromatic heterocycles. The molecule has 0 saturated heterocycles. The Morgan fingerprint density at radius 3 is 2.04 bits per heavy atom. The predicted octanol–water partition coefficient (Wildman–Crippen LogP) is 4.22. The van der Waals surface area contributed by atoms with Crippen LogP contribution in [-0.2, 0) is 0 Å². The quantitative estimate of drug-likeness (QED) is 0.779. The fraction of sp³-hybridized carbons (Fsp3) is 0.0476. The van der Waals surface area contributed by atoms with Crippen molar-refractivity contribution in [2.75, 3.05) is 17.3 Å². The van der Waals surface area contributed by atoms with Gasteiger partial charge in [0.1, 0.15) is 0 Å². The van der Waals surface area contributed by atoms with E-state index in [0.717, 1.165) is 5.69 Å². The average molecular weight is 330 g/mol. The Labute approximate surface area is 146 Å². The molecular weight excluding hydrogens is 312 g/mol. The van der Waals surface area contributed by atoms with Crippen molar-refractivity contribution in [3.05, 3.63) is 96.1 Å². The van der Waals surface area contributed by atoms with Gasteiger partial charge >= 0.3 is 0 Å². The van der Waals surface area contributed by atoms with E-state index >= 15 is 0 Å². The van der Waals surface area contributed by atoms with Crippen LogP contribution in [0.25, 0.3) is 0 Å². The summed E-state index contributed by atoms with van der Waals surface area (Å²) in [5, 5.41) is 2.82. The van der Waals surface area contributed by atoms with Crippen molar-refractivity contribution in [3.63, 3.8) is 0 Å². The molecule has 0 bridgehead atoms. The third kappa shape index (κ3) is 3.93. The number of nitrogens with one attached hydrogen (secondary N) is 1. The first-order valence-corrected chi connectivity index (χ1v) is 7.95. The Morgan fingerprint density at radius 1 is 0.760 bits per heavy atom. The van der Waals surface area contributed by atoms with Crippen LogP contribution in [0.1, 0.15) is 20.7 Å². The molecule has 0 aliphatic heterocycles. The van der Waals surface area contributed by atoms with Crippen LogP contribution in [0, 0.1) is 0 Å². The molecule has 0 saturated carbocycles. The van der Waals surface area contributed by atoms with E-state index in [2.05, 4.69) is 5.32 Å². The number of carbonyl (C=O) groups excluding carboxylic acids is 2. The number of anilines is 2. The summed E-state index contributed by atoms with van der Waals surface area (Å²) >= 11 is 0. The minimum Gasteiger partial charge on any atom is -0.322 e. The van der Waals surface area contributed by atoms with Crippen LogP contribution in [-0.4, -0.2) is 18.9 Å². The van der Waals surface area contributed by atoms with Crippen LogP contribution >= 0.6 is 0 Å². The zero-order chi connectivity index (χ0) is 17.6. The van der Waals surface area contributed by atoms with Gasteiger partial charge < -0.3 is 10.2 Å². The van der Waals surface area contributed by atoms with Gasteiger partial charge in [-0.05, 0) is 42.5 Å². The molecule has 4 nitrogen and oxygen atoms in total. The SMILES string of the molecule is CN(C(=O)c1cccc(NC(=O)c2ccccc2)c1)c1ccccc1. The Balaban J connectivity index is 1.77. The predicted molar refractivity (Wildman–Crippen MR) is 100 cm³/mol. The van der Waals surface area contributed by atoms with Gasteiger partial charge in [0.2, 0.25) is 0 Å². The summed E-state index contributed by atoms with van der Waals surface area (Å²) in [6, 6.07) is 25.3. The number of rotatable bonds is 4. The monoisotopic (exact) mass is 330 g/mol. The first-order chi connectivity index (χ1) is 12.1. The van der Waals surface area contributed by atoms with E-state index in [1.807, 2.05) is 48.5 Å². The molecule has 2 amide bonds. The standard InChI is InChI=1S/C21H18N2O2/c1-23(19-13-6-3-7-14-19)21(25)17-11-8-12-18(15-17)22-20(24)16-9-4-2-5-10-16/h2-15H,1H3,(H,22,24). The Bertz CT molecular complexity index is 877. The van der Waals surface area contributed by atoms with Crippen molar-refractivity contribution in [2.45, 2.75) is 0 Å². The van der Waals surface area contributed by atoms with E-state index in [0.29, 0.717) is 16.8 Å². The van der Waals surface area contributed by atoms with Gasteiger partial charge in [-0.1, -0.05) is 42.5 Å². The second-order valence-corrected chi connectivity index (χ2v) is 5.60. The van der Waals surface area contributed by atoms with Crippen molar-refractivity contribution < 1.29 is 9.59 Å². The van der Waals surface area contributed by atoms with E-state index in [9.17, 15) is 9.59 Å². The molecule has 0 fully saturated rings. The molecule has 0 aliphatic carbocycles. The van der Waals surface area contributed by atoms with Gasteiger partial charge in [0, 0.05) is 29.5 Å². The molecule has 124 valence electrons. The summed E-state index contributed by atoms with van der Waals surface area (Å²) in [5.74, 6) is -0.344. The summed E-state index contributed by atoms with van der Waals surface area (Å²) in [4.78, 5) is 26.5. The normalized spacial score (nSPS) is 10.1. The molecule has 4 heteroatoms. The molecule has 0 spiro atoms. The molecule has 0 unspecified atom stereocenters. The number of nitrogens with zero attached hydrogens (tertiary/aromatic N) is 1. The molecule has 0 radical (unpaired) electrons. The Morgan fingerprint density at radius 2 is 1.36 bits per heavy atom. The van der Waals surface area contributed by atoms with E-state index in [1.54, 1.807) is 48.3 Å². The minimum atomic E-state index is -0.207. The molecule has 3 rings (SSSR count). The molecule has 3 aromatic carbocycles. The van der Waals surface area contributed by atoms with Crippen LogP contribution in [0.5, 0.6) is 0 Å².